The van der Waals surface area contributed by atoms with E-state index in [1.54, 1.807) is 0 Å². The first-order valence-corrected chi connectivity index (χ1v) is 15.7. The third-order valence-electron chi connectivity index (χ3n) is 9.71. The average molecular weight is 545 g/mol. The van der Waals surface area contributed by atoms with Crippen molar-refractivity contribution in [3.63, 3.8) is 0 Å². The standard InChI is InChI=1S/C39H48N2/c1-4-5-6-7-30-20-22-39(23-21-30,35-14-12-33(28(2)24-35)26-31-8-16-37(40)17-9-31)36-15-13-34(29(3)25-36)27-32-10-18-38(41)19-11-32/h8-19,24-25,30H,4-7,20-23,26-27,40-41H2,1-3H3. The molecule has 214 valence electrons. The highest BCUT2D eigenvalue weighted by molar-refractivity contribution is 5.48. The van der Waals surface area contributed by atoms with Crippen LogP contribution in [0.2, 0.25) is 0 Å². The lowest BCUT2D eigenvalue weighted by atomic mass is 9.62. The first-order valence-electron chi connectivity index (χ1n) is 15.7. The number of hydrogen-bond donors (Lipinski definition) is 2. The fraction of sp³-hybridized carbons (Fsp3) is 0.385. The Morgan fingerprint density at radius 2 is 1.10 bits per heavy atom. The van der Waals surface area contributed by atoms with Crippen molar-refractivity contribution in [1.82, 2.24) is 0 Å². The van der Waals surface area contributed by atoms with Crippen LogP contribution in [0.3, 0.4) is 0 Å². The molecule has 4 N–H and O–H groups in total. The van der Waals surface area contributed by atoms with Gasteiger partial charge in [-0.3, -0.25) is 0 Å². The molecule has 0 spiro atoms. The van der Waals surface area contributed by atoms with Crippen LogP contribution in [0.25, 0.3) is 0 Å². The first kappa shape index (κ1) is 29.0. The van der Waals surface area contributed by atoms with Crippen molar-refractivity contribution in [2.45, 2.75) is 90.4 Å². The topological polar surface area (TPSA) is 52.0 Å². The zero-order chi connectivity index (χ0) is 28.8. The Morgan fingerprint density at radius 3 is 1.51 bits per heavy atom. The minimum atomic E-state index is 0.0796. The molecule has 1 aliphatic rings. The predicted octanol–water partition coefficient (Wildman–Crippen LogP) is 9.71. The maximum Gasteiger partial charge on any atom is 0.0314 e. The van der Waals surface area contributed by atoms with Gasteiger partial charge in [0.1, 0.15) is 0 Å². The highest BCUT2D eigenvalue weighted by Gasteiger charge is 2.38. The maximum absolute atomic E-state index is 5.93. The molecule has 0 aromatic heterocycles. The molecule has 4 aromatic carbocycles. The summed E-state index contributed by atoms with van der Waals surface area (Å²) in [7, 11) is 0. The van der Waals surface area contributed by atoms with Gasteiger partial charge in [-0.25, -0.2) is 0 Å². The Bertz CT molecular complexity index is 1320. The van der Waals surface area contributed by atoms with Gasteiger partial charge in [-0.15, -0.1) is 0 Å². The molecular weight excluding hydrogens is 496 g/mol. The largest absolute Gasteiger partial charge is 0.399 e. The van der Waals surface area contributed by atoms with Gasteiger partial charge in [0.2, 0.25) is 0 Å². The van der Waals surface area contributed by atoms with E-state index < -0.39 is 0 Å². The minimum Gasteiger partial charge on any atom is -0.399 e. The fourth-order valence-corrected chi connectivity index (χ4v) is 6.98. The van der Waals surface area contributed by atoms with E-state index in [2.05, 4.69) is 81.4 Å². The van der Waals surface area contributed by atoms with E-state index in [1.165, 1.54) is 95.9 Å². The van der Waals surface area contributed by atoms with Crippen molar-refractivity contribution in [3.8, 4) is 0 Å². The number of rotatable bonds is 10. The van der Waals surface area contributed by atoms with Crippen LogP contribution in [-0.4, -0.2) is 0 Å². The Hall–Kier alpha value is -3.52. The Labute approximate surface area is 248 Å². The number of aryl methyl sites for hydroxylation is 2. The Balaban J connectivity index is 1.44. The third-order valence-corrected chi connectivity index (χ3v) is 9.71. The van der Waals surface area contributed by atoms with Gasteiger partial charge in [-0.05, 0) is 127 Å². The summed E-state index contributed by atoms with van der Waals surface area (Å²) in [6, 6.07) is 31.3. The van der Waals surface area contributed by atoms with Gasteiger partial charge in [-0.1, -0.05) is 93.3 Å². The summed E-state index contributed by atoms with van der Waals surface area (Å²) in [6.07, 6.45) is 12.4. The summed E-state index contributed by atoms with van der Waals surface area (Å²) in [5, 5.41) is 0. The third kappa shape index (κ3) is 6.87. The van der Waals surface area contributed by atoms with Crippen molar-refractivity contribution in [1.29, 1.82) is 0 Å². The number of unbranched alkanes of at least 4 members (excludes halogenated alkanes) is 2. The molecule has 0 saturated heterocycles. The number of benzene rings is 4. The quantitative estimate of drug-likeness (QED) is 0.154. The van der Waals surface area contributed by atoms with Crippen LogP contribution in [0.4, 0.5) is 11.4 Å². The molecule has 0 radical (unpaired) electrons. The van der Waals surface area contributed by atoms with Crippen LogP contribution in [0.5, 0.6) is 0 Å². The maximum atomic E-state index is 5.93. The lowest BCUT2D eigenvalue weighted by Crippen LogP contribution is -2.33. The minimum absolute atomic E-state index is 0.0796. The van der Waals surface area contributed by atoms with Crippen LogP contribution in [-0.2, 0) is 18.3 Å². The smallest absolute Gasteiger partial charge is 0.0314 e. The van der Waals surface area contributed by atoms with Gasteiger partial charge in [0.25, 0.3) is 0 Å². The van der Waals surface area contributed by atoms with Crippen molar-refractivity contribution < 1.29 is 0 Å². The number of hydrogen-bond acceptors (Lipinski definition) is 2. The van der Waals surface area contributed by atoms with Gasteiger partial charge in [-0.2, -0.15) is 0 Å². The van der Waals surface area contributed by atoms with Crippen LogP contribution in [0.15, 0.2) is 84.9 Å². The van der Waals surface area contributed by atoms with E-state index >= 15 is 0 Å². The summed E-state index contributed by atoms with van der Waals surface area (Å²) >= 11 is 0. The Morgan fingerprint density at radius 1 is 0.634 bits per heavy atom. The summed E-state index contributed by atoms with van der Waals surface area (Å²) < 4.78 is 0. The number of nitrogen functional groups attached to an aromatic ring is 2. The van der Waals surface area contributed by atoms with Gasteiger partial charge < -0.3 is 11.5 Å². The molecule has 0 amide bonds. The van der Waals surface area contributed by atoms with E-state index in [0.29, 0.717) is 0 Å². The van der Waals surface area contributed by atoms with Gasteiger partial charge in [0.15, 0.2) is 0 Å². The molecular formula is C39H48N2. The van der Waals surface area contributed by atoms with E-state index in [0.717, 1.165) is 30.1 Å². The number of anilines is 2. The second-order valence-electron chi connectivity index (χ2n) is 12.6. The number of nitrogens with two attached hydrogens (primary N) is 2. The van der Waals surface area contributed by atoms with Gasteiger partial charge in [0, 0.05) is 16.8 Å². The molecule has 4 aromatic rings. The lowest BCUT2D eigenvalue weighted by Gasteiger charge is -2.42. The van der Waals surface area contributed by atoms with E-state index in [-0.39, 0.29) is 5.41 Å². The molecule has 0 heterocycles. The molecule has 5 rings (SSSR count). The monoisotopic (exact) mass is 544 g/mol. The summed E-state index contributed by atoms with van der Waals surface area (Å²) in [4.78, 5) is 0. The molecule has 1 saturated carbocycles. The second-order valence-corrected chi connectivity index (χ2v) is 12.6. The highest BCUT2D eigenvalue weighted by atomic mass is 14.5. The fourth-order valence-electron chi connectivity index (χ4n) is 6.98. The summed E-state index contributed by atoms with van der Waals surface area (Å²) in [5.41, 5.74) is 24.8. The lowest BCUT2D eigenvalue weighted by molar-refractivity contribution is 0.250. The van der Waals surface area contributed by atoms with E-state index in [9.17, 15) is 0 Å². The SMILES string of the molecule is CCCCCC1CCC(c2ccc(Cc3ccc(N)cc3)c(C)c2)(c2ccc(Cc3ccc(N)cc3)c(C)c2)CC1. The molecule has 2 nitrogen and oxygen atoms in total. The molecule has 0 unspecified atom stereocenters. The molecule has 0 atom stereocenters. The van der Waals surface area contributed by atoms with E-state index in [4.69, 9.17) is 11.5 Å². The molecule has 1 aliphatic carbocycles. The molecule has 2 heteroatoms. The Kier molecular flexibility index (Phi) is 9.18. The van der Waals surface area contributed by atoms with Gasteiger partial charge >= 0.3 is 0 Å². The summed E-state index contributed by atoms with van der Waals surface area (Å²) in [5.74, 6) is 0.867. The molecule has 0 aliphatic heterocycles. The molecule has 1 fully saturated rings. The van der Waals surface area contributed by atoms with Crippen LogP contribution in [0.1, 0.15) is 103 Å². The summed E-state index contributed by atoms with van der Waals surface area (Å²) in [6.45, 7) is 6.90. The molecule has 41 heavy (non-hydrogen) atoms. The van der Waals surface area contributed by atoms with E-state index in [1.807, 2.05) is 24.3 Å². The van der Waals surface area contributed by atoms with Crippen molar-refractivity contribution >= 4 is 11.4 Å². The van der Waals surface area contributed by atoms with Crippen LogP contribution in [0, 0.1) is 19.8 Å². The van der Waals surface area contributed by atoms with Crippen LogP contribution < -0.4 is 11.5 Å². The zero-order valence-electron chi connectivity index (χ0n) is 25.4. The normalized spacial score (nSPS) is 15.2. The first-order chi connectivity index (χ1) is 19.9. The zero-order valence-corrected chi connectivity index (χ0v) is 25.4. The van der Waals surface area contributed by atoms with Gasteiger partial charge in [0.05, 0.1) is 0 Å². The molecule has 0 bridgehead atoms. The van der Waals surface area contributed by atoms with Crippen molar-refractivity contribution in [3.05, 3.63) is 129 Å². The predicted molar refractivity (Wildman–Crippen MR) is 177 cm³/mol. The van der Waals surface area contributed by atoms with Crippen molar-refractivity contribution in [2.75, 3.05) is 11.5 Å². The van der Waals surface area contributed by atoms with Crippen LogP contribution >= 0.6 is 0 Å². The highest BCUT2D eigenvalue weighted by Crippen LogP contribution is 2.48. The van der Waals surface area contributed by atoms with Crippen molar-refractivity contribution in [2.24, 2.45) is 5.92 Å². The average Bonchev–Trinajstić information content (AvgIpc) is 2.98. The second kappa shape index (κ2) is 13.0.